The lowest BCUT2D eigenvalue weighted by Gasteiger charge is -2.33. The van der Waals surface area contributed by atoms with Crippen LogP contribution in [0.15, 0.2) is 71.6 Å². The van der Waals surface area contributed by atoms with Crippen molar-refractivity contribution in [2.75, 3.05) is 33.3 Å². The zero-order valence-corrected chi connectivity index (χ0v) is 25.8. The van der Waals surface area contributed by atoms with E-state index in [4.69, 9.17) is 15.9 Å². The summed E-state index contributed by atoms with van der Waals surface area (Å²) < 4.78 is 34.7. The number of rotatable bonds is 13. The summed E-state index contributed by atoms with van der Waals surface area (Å²) in [6, 6.07) is 16.7. The van der Waals surface area contributed by atoms with E-state index >= 15 is 0 Å². The summed E-state index contributed by atoms with van der Waals surface area (Å²) in [6.07, 6.45) is 1.03. The highest BCUT2D eigenvalue weighted by atomic mass is 32.2. The van der Waals surface area contributed by atoms with E-state index in [0.29, 0.717) is 29.8 Å². The summed E-state index contributed by atoms with van der Waals surface area (Å²) in [5, 5.41) is 21.5. The number of ether oxygens (including phenoxy) is 1. The Morgan fingerprint density at radius 2 is 1.82 bits per heavy atom. The number of amides is 2. The maximum Gasteiger partial charge on any atom is 0.323 e. The van der Waals surface area contributed by atoms with Crippen LogP contribution in [-0.4, -0.2) is 86.4 Å². The molecule has 1 heterocycles. The molecule has 1 saturated heterocycles. The highest BCUT2D eigenvalue weighted by Gasteiger charge is 2.33. The van der Waals surface area contributed by atoms with Crippen LogP contribution in [0.5, 0.6) is 5.75 Å². The largest absolute Gasteiger partial charge is 0.497 e. The molecule has 2 atom stereocenters. The number of carboxylic acids is 1. The standard InChI is InChI=1S/C31H38N6O7S/c1-44-25-11-8-21(9-12-25)18-37(20-29(39)40)30(41)27(16-28(38)34-17-22-5-4-14-36(19-22)31(32)33)35-45(42,43)26-13-10-23-6-2-3-7-24(23)15-26/h2-3,6-13,15,22,27,35H,4-5,14,16-20H2,1H3,(H3,32,33)(H,34,38)(H,39,40)/t22-,27-/m0/s1. The van der Waals surface area contributed by atoms with Crippen molar-refractivity contribution in [3.05, 3.63) is 72.3 Å². The predicted molar refractivity (Wildman–Crippen MR) is 168 cm³/mol. The van der Waals surface area contributed by atoms with E-state index in [1.54, 1.807) is 47.4 Å². The van der Waals surface area contributed by atoms with Crippen LogP contribution in [0.3, 0.4) is 0 Å². The van der Waals surface area contributed by atoms with Crippen LogP contribution in [0.1, 0.15) is 24.8 Å². The quantitative estimate of drug-likeness (QED) is 0.137. The lowest BCUT2D eigenvalue weighted by Crippen LogP contribution is -2.52. The normalized spacial score (nSPS) is 15.7. The lowest BCUT2D eigenvalue weighted by atomic mass is 9.98. The van der Waals surface area contributed by atoms with E-state index in [0.717, 1.165) is 23.1 Å². The minimum Gasteiger partial charge on any atom is -0.497 e. The van der Waals surface area contributed by atoms with Crippen molar-refractivity contribution in [3.8, 4) is 5.75 Å². The summed E-state index contributed by atoms with van der Waals surface area (Å²) in [5.74, 6) is -2.23. The van der Waals surface area contributed by atoms with Crippen molar-refractivity contribution in [2.45, 2.75) is 36.7 Å². The second-order valence-electron chi connectivity index (χ2n) is 11.0. The molecule has 0 radical (unpaired) electrons. The van der Waals surface area contributed by atoms with E-state index in [1.165, 1.54) is 19.2 Å². The summed E-state index contributed by atoms with van der Waals surface area (Å²) >= 11 is 0. The molecular weight excluding hydrogens is 600 g/mol. The van der Waals surface area contributed by atoms with E-state index in [9.17, 15) is 27.9 Å². The smallest absolute Gasteiger partial charge is 0.323 e. The van der Waals surface area contributed by atoms with Crippen molar-refractivity contribution in [1.29, 1.82) is 5.41 Å². The maximum absolute atomic E-state index is 13.9. The summed E-state index contributed by atoms with van der Waals surface area (Å²) in [7, 11) is -2.82. The number of hydrogen-bond donors (Lipinski definition) is 5. The fraction of sp³-hybridized carbons (Fsp3) is 0.355. The van der Waals surface area contributed by atoms with Crippen LogP contribution in [-0.2, 0) is 31.0 Å². The molecule has 3 aromatic rings. The Morgan fingerprint density at radius 1 is 1.11 bits per heavy atom. The second kappa shape index (κ2) is 14.9. The highest BCUT2D eigenvalue weighted by molar-refractivity contribution is 7.89. The van der Waals surface area contributed by atoms with Crippen LogP contribution in [0.25, 0.3) is 10.8 Å². The van der Waals surface area contributed by atoms with Gasteiger partial charge in [-0.25, -0.2) is 8.42 Å². The topological polar surface area (TPSA) is 195 Å². The average Bonchev–Trinajstić information content (AvgIpc) is 3.02. The maximum atomic E-state index is 13.9. The Hall–Kier alpha value is -4.69. The van der Waals surface area contributed by atoms with Crippen molar-refractivity contribution in [1.82, 2.24) is 19.8 Å². The number of aliphatic carboxylic acids is 1. The molecule has 0 aliphatic carbocycles. The number of benzene rings is 3. The van der Waals surface area contributed by atoms with Crippen molar-refractivity contribution < 1.29 is 32.6 Å². The monoisotopic (exact) mass is 638 g/mol. The number of guanidine groups is 1. The number of hydrogen-bond acceptors (Lipinski definition) is 7. The van der Waals surface area contributed by atoms with Crippen LogP contribution in [0.4, 0.5) is 0 Å². The number of carbonyl (C=O) groups excluding carboxylic acids is 2. The molecule has 4 rings (SSSR count). The first-order valence-electron chi connectivity index (χ1n) is 14.5. The highest BCUT2D eigenvalue weighted by Crippen LogP contribution is 2.21. The van der Waals surface area contributed by atoms with Crippen molar-refractivity contribution in [3.63, 3.8) is 0 Å². The number of carboxylic acid groups (broad SMARTS) is 1. The minimum atomic E-state index is -4.32. The van der Waals surface area contributed by atoms with E-state index in [2.05, 4.69) is 10.0 Å². The van der Waals surface area contributed by atoms with Gasteiger partial charge in [0.25, 0.3) is 0 Å². The first-order chi connectivity index (χ1) is 21.4. The molecule has 0 unspecified atom stereocenters. The van der Waals surface area contributed by atoms with Gasteiger partial charge in [0.05, 0.1) is 18.4 Å². The van der Waals surface area contributed by atoms with Crippen LogP contribution in [0, 0.1) is 11.3 Å². The molecule has 14 heteroatoms. The van der Waals surface area contributed by atoms with Gasteiger partial charge in [-0.05, 0) is 59.4 Å². The number of methoxy groups -OCH3 is 1. The minimum absolute atomic E-state index is 0.00799. The van der Waals surface area contributed by atoms with Crippen LogP contribution < -0.4 is 20.5 Å². The molecule has 45 heavy (non-hydrogen) atoms. The number of carbonyl (C=O) groups is 3. The van der Waals surface area contributed by atoms with Gasteiger partial charge in [0.2, 0.25) is 21.8 Å². The van der Waals surface area contributed by atoms with Gasteiger partial charge in [-0.15, -0.1) is 0 Å². The van der Waals surface area contributed by atoms with E-state index in [-0.39, 0.29) is 29.9 Å². The molecule has 13 nitrogen and oxygen atoms in total. The molecule has 0 bridgehead atoms. The van der Waals surface area contributed by atoms with Gasteiger partial charge in [-0.1, -0.05) is 42.5 Å². The number of piperidine rings is 1. The number of sulfonamides is 1. The molecule has 240 valence electrons. The Bertz CT molecular complexity index is 1650. The molecule has 0 aromatic heterocycles. The van der Waals surface area contributed by atoms with Gasteiger partial charge >= 0.3 is 5.97 Å². The van der Waals surface area contributed by atoms with Crippen molar-refractivity contribution in [2.24, 2.45) is 11.7 Å². The van der Waals surface area contributed by atoms with Gasteiger partial charge in [0.1, 0.15) is 18.3 Å². The number of nitrogens with two attached hydrogens (primary N) is 1. The molecule has 1 aliphatic heterocycles. The third-order valence-electron chi connectivity index (χ3n) is 7.63. The average molecular weight is 639 g/mol. The van der Waals surface area contributed by atoms with Gasteiger partial charge in [-0.2, -0.15) is 4.72 Å². The van der Waals surface area contributed by atoms with Gasteiger partial charge < -0.3 is 30.7 Å². The fourth-order valence-electron chi connectivity index (χ4n) is 5.28. The number of nitrogens with one attached hydrogen (secondary N) is 3. The lowest BCUT2D eigenvalue weighted by molar-refractivity contribution is -0.146. The molecule has 6 N–H and O–H groups in total. The SMILES string of the molecule is COc1ccc(CN(CC(=O)O)C(=O)[C@H](CC(=O)NC[C@@H]2CCCN(C(=N)N)C2)NS(=O)(=O)c2ccc3ccccc3c2)cc1. The molecular formula is C31H38N6O7S. The summed E-state index contributed by atoms with van der Waals surface area (Å²) in [6.45, 7) is 0.518. The zero-order chi connectivity index (χ0) is 32.6. The van der Waals surface area contributed by atoms with Crippen molar-refractivity contribution >= 4 is 44.5 Å². The predicted octanol–water partition coefficient (Wildman–Crippen LogP) is 1.72. The number of fused-ring (bicyclic) bond motifs is 1. The molecule has 3 aromatic carbocycles. The Kier molecular flexibility index (Phi) is 11.0. The van der Waals surface area contributed by atoms with Gasteiger partial charge in [0, 0.05) is 26.2 Å². The van der Waals surface area contributed by atoms with Gasteiger partial charge in [0.15, 0.2) is 5.96 Å². The molecule has 2 amide bonds. The molecule has 1 aliphatic rings. The first-order valence-corrected chi connectivity index (χ1v) is 15.9. The third kappa shape index (κ3) is 9.16. The molecule has 0 spiro atoms. The number of nitrogens with zero attached hydrogens (tertiary/aromatic N) is 2. The fourth-order valence-corrected chi connectivity index (χ4v) is 6.51. The van der Waals surface area contributed by atoms with E-state index in [1.807, 2.05) is 12.1 Å². The Morgan fingerprint density at radius 3 is 2.49 bits per heavy atom. The second-order valence-corrected chi connectivity index (χ2v) is 12.7. The third-order valence-corrected chi connectivity index (χ3v) is 9.10. The first kappa shape index (κ1) is 33.2. The number of likely N-dealkylation sites (tertiary alicyclic amines) is 1. The van der Waals surface area contributed by atoms with Crippen LogP contribution in [0.2, 0.25) is 0 Å². The summed E-state index contributed by atoms with van der Waals surface area (Å²) in [4.78, 5) is 41.4. The van der Waals surface area contributed by atoms with Gasteiger partial charge in [-0.3, -0.25) is 19.8 Å². The Balaban J connectivity index is 1.57. The van der Waals surface area contributed by atoms with Crippen LogP contribution >= 0.6 is 0 Å². The van der Waals surface area contributed by atoms with E-state index < -0.39 is 46.8 Å². The Labute approximate surface area is 261 Å². The zero-order valence-electron chi connectivity index (χ0n) is 24.9. The molecule has 1 fully saturated rings. The summed E-state index contributed by atoms with van der Waals surface area (Å²) in [5.41, 5.74) is 6.20. The molecule has 0 saturated carbocycles.